The van der Waals surface area contributed by atoms with Gasteiger partial charge in [0.05, 0.1) is 23.1 Å². The Balaban J connectivity index is 1.25. The molecule has 2 atom stereocenters. The lowest BCUT2D eigenvalue weighted by Gasteiger charge is -2.39. The van der Waals surface area contributed by atoms with Crippen molar-refractivity contribution in [2.75, 3.05) is 23.3 Å². The van der Waals surface area contributed by atoms with Gasteiger partial charge < -0.3 is 25.4 Å². The molecule has 7 nitrogen and oxygen atoms in total. The van der Waals surface area contributed by atoms with Gasteiger partial charge in [0.15, 0.2) is 0 Å². The van der Waals surface area contributed by atoms with Crippen LogP contribution in [0.3, 0.4) is 0 Å². The van der Waals surface area contributed by atoms with E-state index in [1.54, 1.807) is 6.07 Å². The molecule has 282 valence electrons. The number of benzene rings is 4. The Kier molecular flexibility index (Phi) is 9.99. The summed E-state index contributed by atoms with van der Waals surface area (Å²) in [6, 6.07) is 27.6. The molecule has 0 aliphatic carbocycles. The molecule has 0 spiro atoms. The summed E-state index contributed by atoms with van der Waals surface area (Å²) in [5.74, 6) is -0.0566. The van der Waals surface area contributed by atoms with Crippen molar-refractivity contribution in [3.8, 4) is 0 Å². The topological polar surface area (TPSA) is 80.5 Å². The monoisotopic (exact) mass is 791 g/mol. The van der Waals surface area contributed by atoms with Gasteiger partial charge in [0, 0.05) is 62.3 Å². The smallest absolute Gasteiger partial charge is 0.272 e. The highest BCUT2D eigenvalue weighted by Gasteiger charge is 2.40. The maximum Gasteiger partial charge on any atom is 0.272 e. The van der Waals surface area contributed by atoms with Gasteiger partial charge >= 0.3 is 0 Å². The summed E-state index contributed by atoms with van der Waals surface area (Å²) in [5, 5.41) is 9.12. The predicted molar refractivity (Wildman–Crippen MR) is 227 cm³/mol. The molecule has 8 rings (SSSR count). The van der Waals surface area contributed by atoms with E-state index in [9.17, 15) is 9.59 Å². The standard InChI is InChI=1S/C45H44Cl3N5O2/c1-26-11-10-20-53-41(31-17-16-28(46)24-33(31)48)32-23-29(47)25-35-38(32)39(42(53)37(26)27-12-6-5-7-13-27)40(50-35)43(54)51-34-14-8-9-15-36(34)52-21-18-30(19-22-52)49-44(55)45(2,3)4/h5-10,12-17,20,23-26,30,41,50H,11,18-19,21-22H2,1-4H3,(H,49,55)(H,51,54). The lowest BCUT2D eigenvalue weighted by Crippen LogP contribution is -2.47. The first kappa shape index (κ1) is 37.2. The van der Waals surface area contributed by atoms with Gasteiger partial charge in [0.1, 0.15) is 5.69 Å². The molecule has 0 saturated carbocycles. The lowest BCUT2D eigenvalue weighted by molar-refractivity contribution is -0.129. The number of amides is 2. The van der Waals surface area contributed by atoms with E-state index in [4.69, 9.17) is 34.8 Å². The number of carbonyl (C=O) groups excluding carboxylic acids is 2. The van der Waals surface area contributed by atoms with Crippen molar-refractivity contribution in [3.63, 3.8) is 0 Å². The van der Waals surface area contributed by atoms with Gasteiger partial charge in [-0.25, -0.2) is 0 Å². The maximum atomic E-state index is 14.9. The number of rotatable bonds is 6. The number of para-hydroxylation sites is 2. The molecule has 1 saturated heterocycles. The summed E-state index contributed by atoms with van der Waals surface area (Å²) in [5.41, 5.74) is 8.27. The fourth-order valence-electron chi connectivity index (χ4n) is 8.31. The van der Waals surface area contributed by atoms with E-state index in [2.05, 4.69) is 68.9 Å². The molecule has 2 unspecified atom stereocenters. The third kappa shape index (κ3) is 7.03. The molecule has 0 bridgehead atoms. The number of allylic oxidation sites excluding steroid dienone is 2. The molecule has 3 aliphatic rings. The van der Waals surface area contributed by atoms with Crippen molar-refractivity contribution in [2.45, 2.75) is 59.0 Å². The Morgan fingerprint density at radius 2 is 1.58 bits per heavy atom. The van der Waals surface area contributed by atoms with E-state index in [-0.39, 0.29) is 29.8 Å². The summed E-state index contributed by atoms with van der Waals surface area (Å²) >= 11 is 20.3. The molecular formula is C45H44Cl3N5O2. The number of hydrogen-bond acceptors (Lipinski definition) is 4. The highest BCUT2D eigenvalue weighted by Crippen LogP contribution is 2.53. The molecule has 3 N–H and O–H groups in total. The first-order chi connectivity index (χ1) is 26.4. The minimum absolute atomic E-state index is 0.0654. The minimum atomic E-state index is -0.439. The second kappa shape index (κ2) is 14.8. The second-order valence-corrected chi connectivity index (χ2v) is 17.2. The van der Waals surface area contributed by atoms with Crippen LogP contribution in [0, 0.1) is 11.3 Å². The molecule has 2 amide bonds. The second-order valence-electron chi connectivity index (χ2n) is 15.9. The van der Waals surface area contributed by atoms with Crippen LogP contribution in [0.4, 0.5) is 11.4 Å². The van der Waals surface area contributed by atoms with Crippen molar-refractivity contribution < 1.29 is 9.59 Å². The largest absolute Gasteiger partial charge is 0.370 e. The first-order valence-corrected chi connectivity index (χ1v) is 20.0. The molecule has 10 heteroatoms. The Morgan fingerprint density at radius 3 is 2.31 bits per heavy atom. The quantitative estimate of drug-likeness (QED) is 0.160. The number of anilines is 2. The van der Waals surface area contributed by atoms with Crippen molar-refractivity contribution in [1.29, 1.82) is 0 Å². The van der Waals surface area contributed by atoms with Crippen LogP contribution < -0.4 is 15.5 Å². The summed E-state index contributed by atoms with van der Waals surface area (Å²) in [6.45, 7) is 9.55. The molecule has 4 aromatic carbocycles. The Hall–Kier alpha value is -4.69. The normalized spacial score (nSPS) is 18.7. The van der Waals surface area contributed by atoms with Crippen LogP contribution in [0.25, 0.3) is 22.2 Å². The number of aromatic nitrogens is 1. The van der Waals surface area contributed by atoms with Gasteiger partial charge in [-0.15, -0.1) is 0 Å². The summed E-state index contributed by atoms with van der Waals surface area (Å²) < 4.78 is 0. The summed E-state index contributed by atoms with van der Waals surface area (Å²) in [6.07, 6.45) is 6.77. The number of fused-ring (bicyclic) bond motifs is 2. The van der Waals surface area contributed by atoms with E-state index in [0.717, 1.165) is 88.2 Å². The van der Waals surface area contributed by atoms with Crippen molar-refractivity contribution >= 4 is 80.2 Å². The Labute approximate surface area is 337 Å². The average molecular weight is 793 g/mol. The van der Waals surface area contributed by atoms with Crippen LogP contribution in [0.2, 0.25) is 15.1 Å². The lowest BCUT2D eigenvalue weighted by atomic mass is 9.82. The molecule has 4 heterocycles. The molecule has 55 heavy (non-hydrogen) atoms. The molecule has 1 fully saturated rings. The van der Waals surface area contributed by atoms with Crippen LogP contribution in [0.15, 0.2) is 97.2 Å². The van der Waals surface area contributed by atoms with Gasteiger partial charge in [0.25, 0.3) is 5.91 Å². The molecular weight excluding hydrogens is 749 g/mol. The number of halogens is 3. The first-order valence-electron chi connectivity index (χ1n) is 18.9. The van der Waals surface area contributed by atoms with E-state index in [1.165, 1.54) is 0 Å². The van der Waals surface area contributed by atoms with Gasteiger partial charge in [-0.2, -0.15) is 0 Å². The van der Waals surface area contributed by atoms with Gasteiger partial charge in [-0.1, -0.05) is 117 Å². The van der Waals surface area contributed by atoms with Gasteiger partial charge in [0.2, 0.25) is 5.91 Å². The van der Waals surface area contributed by atoms with Crippen LogP contribution in [-0.4, -0.2) is 40.8 Å². The van der Waals surface area contributed by atoms with Crippen molar-refractivity contribution in [2.24, 2.45) is 11.3 Å². The van der Waals surface area contributed by atoms with Crippen LogP contribution in [-0.2, 0) is 4.79 Å². The van der Waals surface area contributed by atoms with E-state index < -0.39 is 5.41 Å². The third-order valence-corrected chi connectivity index (χ3v) is 11.8. The summed E-state index contributed by atoms with van der Waals surface area (Å²) in [4.78, 5) is 35.7. The summed E-state index contributed by atoms with van der Waals surface area (Å²) in [7, 11) is 0. The van der Waals surface area contributed by atoms with Crippen LogP contribution >= 0.6 is 34.8 Å². The zero-order valence-electron chi connectivity index (χ0n) is 31.4. The molecule has 3 aliphatic heterocycles. The number of nitrogens with zero attached hydrogens (tertiary/aromatic N) is 2. The van der Waals surface area contributed by atoms with Crippen LogP contribution in [0.5, 0.6) is 0 Å². The highest BCUT2D eigenvalue weighted by atomic mass is 35.5. The van der Waals surface area contributed by atoms with Gasteiger partial charge in [-0.05, 0) is 83.8 Å². The molecule has 1 aromatic heterocycles. The number of hydrogen-bond donors (Lipinski definition) is 3. The van der Waals surface area contributed by atoms with E-state index in [1.807, 2.05) is 75.4 Å². The molecule has 0 radical (unpaired) electrons. The van der Waals surface area contributed by atoms with E-state index in [0.29, 0.717) is 20.8 Å². The van der Waals surface area contributed by atoms with Crippen molar-refractivity contribution in [1.82, 2.24) is 15.2 Å². The number of carbonyl (C=O) groups is 2. The Morgan fingerprint density at radius 1 is 0.855 bits per heavy atom. The van der Waals surface area contributed by atoms with E-state index >= 15 is 0 Å². The number of nitrogens with one attached hydrogen (secondary N) is 3. The SMILES string of the molecule is CC1CC=CN2C(=C1c1ccccc1)c1c(C(=O)Nc3ccccc3N3CCC(NC(=O)C(C)(C)C)CC3)[nH]c3cc(Cl)cc(c13)C2c1ccc(Cl)cc1Cl. The third-order valence-electron chi connectivity index (χ3n) is 11.0. The molecule has 5 aromatic rings. The highest BCUT2D eigenvalue weighted by molar-refractivity contribution is 6.35. The Bertz CT molecular complexity index is 2370. The number of H-pyrrole nitrogens is 1. The predicted octanol–water partition coefficient (Wildman–Crippen LogP) is 11.3. The zero-order valence-corrected chi connectivity index (χ0v) is 33.6. The number of aromatic amines is 1. The zero-order chi connectivity index (χ0) is 38.6. The fraction of sp³-hybridized carbons (Fsp3) is 0.289. The van der Waals surface area contributed by atoms with Gasteiger partial charge in [-0.3, -0.25) is 9.59 Å². The van der Waals surface area contributed by atoms with Crippen molar-refractivity contribution in [3.05, 3.63) is 140 Å². The maximum absolute atomic E-state index is 14.9. The fourth-order valence-corrected chi connectivity index (χ4v) is 9.05. The van der Waals surface area contributed by atoms with Crippen LogP contribution in [0.1, 0.15) is 85.7 Å². The minimum Gasteiger partial charge on any atom is -0.370 e. The average Bonchev–Trinajstić information content (AvgIpc) is 3.44. The number of piperidine rings is 1.